The molecule has 16 heavy (non-hydrogen) atoms. The summed E-state index contributed by atoms with van der Waals surface area (Å²) < 4.78 is 5.79. The average molecular weight is 226 g/mol. The molecule has 0 amide bonds. The van der Waals surface area contributed by atoms with Crippen molar-refractivity contribution in [3.8, 4) is 0 Å². The van der Waals surface area contributed by atoms with Gasteiger partial charge in [-0.3, -0.25) is 4.90 Å². The van der Waals surface area contributed by atoms with Crippen LogP contribution in [0.3, 0.4) is 0 Å². The van der Waals surface area contributed by atoms with E-state index in [1.165, 1.54) is 13.0 Å². The molecule has 0 aromatic rings. The van der Waals surface area contributed by atoms with E-state index in [9.17, 15) is 0 Å². The number of hydrogen-bond acceptors (Lipinski definition) is 3. The highest BCUT2D eigenvalue weighted by molar-refractivity contribution is 4.90. The Kier molecular flexibility index (Phi) is 3.57. The number of nitrogens with two attached hydrogens (primary N) is 1. The van der Waals surface area contributed by atoms with Gasteiger partial charge in [-0.05, 0) is 46.5 Å². The van der Waals surface area contributed by atoms with E-state index in [1.807, 2.05) is 0 Å². The monoisotopic (exact) mass is 226 g/mol. The summed E-state index contributed by atoms with van der Waals surface area (Å²) in [5.41, 5.74) is 6.08. The highest BCUT2D eigenvalue weighted by Gasteiger charge is 2.35. The van der Waals surface area contributed by atoms with Crippen LogP contribution in [0.1, 0.15) is 46.5 Å². The fraction of sp³-hybridized carbons (Fsp3) is 1.00. The maximum absolute atomic E-state index is 6.02. The molecule has 0 aromatic carbocycles. The van der Waals surface area contributed by atoms with E-state index in [2.05, 4.69) is 25.7 Å². The zero-order valence-corrected chi connectivity index (χ0v) is 10.9. The van der Waals surface area contributed by atoms with Gasteiger partial charge in [-0.15, -0.1) is 0 Å². The summed E-state index contributed by atoms with van der Waals surface area (Å²) in [7, 11) is 0. The highest BCUT2D eigenvalue weighted by Crippen LogP contribution is 2.30. The summed E-state index contributed by atoms with van der Waals surface area (Å²) in [6, 6.07) is 1.76. The lowest BCUT2D eigenvalue weighted by Gasteiger charge is -2.46. The Bertz CT molecular complexity index is 242. The van der Waals surface area contributed by atoms with E-state index in [4.69, 9.17) is 10.5 Å². The lowest BCUT2D eigenvalue weighted by molar-refractivity contribution is -0.0922. The van der Waals surface area contributed by atoms with Gasteiger partial charge in [-0.1, -0.05) is 0 Å². The van der Waals surface area contributed by atoms with Crippen LogP contribution in [-0.2, 0) is 4.74 Å². The van der Waals surface area contributed by atoms with E-state index in [0.717, 1.165) is 25.9 Å². The second-order valence-electron chi connectivity index (χ2n) is 6.13. The first-order valence-corrected chi connectivity index (χ1v) is 6.63. The predicted octanol–water partition coefficient (Wildman–Crippen LogP) is 1.76. The third-order valence-electron chi connectivity index (χ3n) is 4.11. The van der Waals surface area contributed by atoms with Crippen molar-refractivity contribution in [2.24, 2.45) is 5.73 Å². The Balaban J connectivity index is 1.96. The molecular formula is C13H26N2O. The lowest BCUT2D eigenvalue weighted by Crippen LogP contribution is -2.54. The lowest BCUT2D eigenvalue weighted by atomic mass is 9.89. The van der Waals surface area contributed by atoms with E-state index in [-0.39, 0.29) is 5.60 Å². The maximum Gasteiger partial charge on any atom is 0.0641 e. The summed E-state index contributed by atoms with van der Waals surface area (Å²) in [6.45, 7) is 8.82. The van der Waals surface area contributed by atoms with Gasteiger partial charge in [0.2, 0.25) is 0 Å². The van der Waals surface area contributed by atoms with Gasteiger partial charge in [0.25, 0.3) is 0 Å². The first kappa shape index (κ1) is 12.3. The molecule has 2 aliphatic heterocycles. The summed E-state index contributed by atoms with van der Waals surface area (Å²) in [5.74, 6) is 0. The molecule has 0 aromatic heterocycles. The van der Waals surface area contributed by atoms with Gasteiger partial charge in [0.1, 0.15) is 0 Å². The zero-order valence-electron chi connectivity index (χ0n) is 10.9. The third-order valence-corrected chi connectivity index (χ3v) is 4.11. The predicted molar refractivity (Wildman–Crippen MR) is 66.4 cm³/mol. The van der Waals surface area contributed by atoms with Gasteiger partial charge in [-0.2, -0.15) is 0 Å². The molecule has 2 rings (SSSR count). The van der Waals surface area contributed by atoms with Crippen molar-refractivity contribution in [2.75, 3.05) is 13.2 Å². The number of ether oxygens (including phenoxy) is 1. The normalized spacial score (nSPS) is 40.9. The number of hydrogen-bond donors (Lipinski definition) is 1. The van der Waals surface area contributed by atoms with Crippen LogP contribution in [0.4, 0.5) is 0 Å². The van der Waals surface area contributed by atoms with Gasteiger partial charge in [0.05, 0.1) is 5.60 Å². The minimum absolute atomic E-state index is 0.0577. The Morgan fingerprint density at radius 2 is 2.06 bits per heavy atom. The van der Waals surface area contributed by atoms with E-state index in [1.54, 1.807) is 0 Å². The van der Waals surface area contributed by atoms with Crippen molar-refractivity contribution in [1.82, 2.24) is 4.90 Å². The minimum atomic E-state index is 0.0577. The molecule has 2 aliphatic rings. The summed E-state index contributed by atoms with van der Waals surface area (Å²) in [4.78, 5) is 2.66. The van der Waals surface area contributed by atoms with Crippen LogP contribution in [0.25, 0.3) is 0 Å². The Labute approximate surface area is 99.3 Å². The molecule has 3 unspecified atom stereocenters. The fourth-order valence-electron chi connectivity index (χ4n) is 3.25. The molecule has 3 nitrogen and oxygen atoms in total. The zero-order chi connectivity index (χ0) is 11.8. The van der Waals surface area contributed by atoms with Crippen molar-refractivity contribution in [3.05, 3.63) is 0 Å². The number of piperidine rings is 1. The van der Waals surface area contributed by atoms with Crippen LogP contribution in [-0.4, -0.2) is 41.8 Å². The molecule has 2 heterocycles. The SMILES string of the molecule is CC1CC(N)CCN1C1CCOC(C)(C)C1. The van der Waals surface area contributed by atoms with Gasteiger partial charge in [0.15, 0.2) is 0 Å². The summed E-state index contributed by atoms with van der Waals surface area (Å²) in [5, 5.41) is 0. The van der Waals surface area contributed by atoms with Gasteiger partial charge >= 0.3 is 0 Å². The first-order valence-electron chi connectivity index (χ1n) is 6.63. The smallest absolute Gasteiger partial charge is 0.0641 e. The molecule has 2 saturated heterocycles. The molecule has 2 N–H and O–H groups in total. The van der Waals surface area contributed by atoms with Crippen molar-refractivity contribution in [1.29, 1.82) is 0 Å². The largest absolute Gasteiger partial charge is 0.375 e. The van der Waals surface area contributed by atoms with Crippen molar-refractivity contribution >= 4 is 0 Å². The number of nitrogens with zero attached hydrogens (tertiary/aromatic N) is 1. The summed E-state index contributed by atoms with van der Waals surface area (Å²) >= 11 is 0. The Morgan fingerprint density at radius 3 is 2.69 bits per heavy atom. The van der Waals surface area contributed by atoms with E-state index in [0.29, 0.717) is 18.1 Å². The van der Waals surface area contributed by atoms with Crippen molar-refractivity contribution in [3.63, 3.8) is 0 Å². The molecular weight excluding hydrogens is 200 g/mol. The minimum Gasteiger partial charge on any atom is -0.375 e. The molecule has 3 heteroatoms. The molecule has 0 radical (unpaired) electrons. The second kappa shape index (κ2) is 4.63. The fourth-order valence-corrected chi connectivity index (χ4v) is 3.25. The quantitative estimate of drug-likeness (QED) is 0.740. The first-order chi connectivity index (χ1) is 7.48. The molecule has 0 spiro atoms. The van der Waals surface area contributed by atoms with Gasteiger partial charge < -0.3 is 10.5 Å². The Hall–Kier alpha value is -0.120. The van der Waals surface area contributed by atoms with Crippen molar-refractivity contribution in [2.45, 2.75) is 70.2 Å². The molecule has 0 bridgehead atoms. The number of likely N-dealkylation sites (tertiary alicyclic amines) is 1. The molecule has 0 aliphatic carbocycles. The average Bonchev–Trinajstić information content (AvgIpc) is 2.15. The van der Waals surface area contributed by atoms with E-state index >= 15 is 0 Å². The van der Waals surface area contributed by atoms with Crippen molar-refractivity contribution < 1.29 is 4.74 Å². The van der Waals surface area contributed by atoms with Crippen LogP contribution in [0, 0.1) is 0 Å². The highest BCUT2D eigenvalue weighted by atomic mass is 16.5. The Morgan fingerprint density at radius 1 is 1.31 bits per heavy atom. The molecule has 0 saturated carbocycles. The molecule has 94 valence electrons. The standard InChI is InChI=1S/C13H26N2O/c1-10-8-11(14)4-6-15(10)12-5-7-16-13(2,3)9-12/h10-12H,4-9,14H2,1-3H3. The van der Waals surface area contributed by atoms with Crippen LogP contribution in [0.15, 0.2) is 0 Å². The van der Waals surface area contributed by atoms with Crippen LogP contribution in [0.5, 0.6) is 0 Å². The topological polar surface area (TPSA) is 38.5 Å². The maximum atomic E-state index is 6.02. The van der Waals surface area contributed by atoms with Gasteiger partial charge in [-0.25, -0.2) is 0 Å². The second-order valence-corrected chi connectivity index (χ2v) is 6.13. The third kappa shape index (κ3) is 2.76. The van der Waals surface area contributed by atoms with E-state index < -0.39 is 0 Å². The molecule has 3 atom stereocenters. The number of rotatable bonds is 1. The van der Waals surface area contributed by atoms with Gasteiger partial charge in [0, 0.05) is 31.3 Å². The van der Waals surface area contributed by atoms with Crippen LogP contribution < -0.4 is 5.73 Å². The summed E-state index contributed by atoms with van der Waals surface area (Å²) in [6.07, 6.45) is 4.65. The van der Waals surface area contributed by atoms with Crippen LogP contribution in [0.2, 0.25) is 0 Å². The molecule has 2 fully saturated rings. The van der Waals surface area contributed by atoms with Crippen LogP contribution >= 0.6 is 0 Å².